The molecule has 0 spiro atoms. The molecule has 0 radical (unpaired) electrons. The number of nitrogens with zero attached hydrogens (tertiary/aromatic N) is 4. The predicted octanol–water partition coefficient (Wildman–Crippen LogP) is 3.58. The summed E-state index contributed by atoms with van der Waals surface area (Å²) < 4.78 is 6.59. The third-order valence-electron chi connectivity index (χ3n) is 4.50. The topological polar surface area (TPSA) is 99.0 Å². The van der Waals surface area contributed by atoms with E-state index >= 15 is 0 Å². The quantitative estimate of drug-likeness (QED) is 0.445. The molecule has 8 nitrogen and oxygen atoms in total. The van der Waals surface area contributed by atoms with Crippen LogP contribution in [0.15, 0.2) is 67.3 Å². The fourth-order valence-corrected chi connectivity index (χ4v) is 3.19. The summed E-state index contributed by atoms with van der Waals surface area (Å²) in [4.78, 5) is 32.8. The first-order valence-corrected chi connectivity index (χ1v) is 9.91. The van der Waals surface area contributed by atoms with Crippen LogP contribution in [0.3, 0.4) is 0 Å². The molecule has 2 heterocycles. The van der Waals surface area contributed by atoms with Gasteiger partial charge in [0.25, 0.3) is 5.91 Å². The number of rotatable bonds is 7. The molecule has 0 saturated carbocycles. The van der Waals surface area contributed by atoms with Crippen LogP contribution in [0.1, 0.15) is 12.1 Å². The molecule has 0 bridgehead atoms. The number of carbonyl (C=O) groups excluding carboxylic acids is 2. The maximum atomic E-state index is 12.3. The number of fused-ring (bicyclic) bond motifs is 1. The van der Waals surface area contributed by atoms with E-state index in [2.05, 4.69) is 20.4 Å². The lowest BCUT2D eigenvalue weighted by molar-refractivity contribution is -0.147. The number of halogens is 1. The van der Waals surface area contributed by atoms with Crippen molar-refractivity contribution < 1.29 is 14.3 Å². The summed E-state index contributed by atoms with van der Waals surface area (Å²) in [5.41, 5.74) is 2.68. The van der Waals surface area contributed by atoms with Crippen LogP contribution in [-0.4, -0.2) is 38.2 Å². The van der Waals surface area contributed by atoms with Crippen LogP contribution in [0.5, 0.6) is 0 Å². The zero-order chi connectivity index (χ0) is 21.6. The van der Waals surface area contributed by atoms with Crippen LogP contribution in [0, 0.1) is 0 Å². The van der Waals surface area contributed by atoms with Gasteiger partial charge in [0.05, 0.1) is 23.3 Å². The number of aromatic nitrogens is 4. The van der Waals surface area contributed by atoms with Crippen LogP contribution in [0.4, 0.5) is 5.69 Å². The van der Waals surface area contributed by atoms with E-state index in [1.165, 1.54) is 17.3 Å². The number of nitrogens with one attached hydrogen (secondary N) is 1. The van der Waals surface area contributed by atoms with Gasteiger partial charge in [0, 0.05) is 22.5 Å². The van der Waals surface area contributed by atoms with Crippen molar-refractivity contribution in [1.29, 1.82) is 0 Å². The number of carbonyl (C=O) groups is 2. The third kappa shape index (κ3) is 5.23. The molecule has 156 valence electrons. The fourth-order valence-electron chi connectivity index (χ4n) is 3.02. The average molecular weight is 436 g/mol. The number of aryl methyl sites for hydroxylation is 1. The first-order chi connectivity index (χ1) is 15.1. The molecular formula is C22H18ClN5O3. The largest absolute Gasteiger partial charge is 0.456 e. The van der Waals surface area contributed by atoms with E-state index < -0.39 is 18.5 Å². The Balaban J connectivity index is 1.30. The predicted molar refractivity (Wildman–Crippen MR) is 116 cm³/mol. The Hall–Kier alpha value is -3.78. The Labute approximate surface area is 182 Å². The van der Waals surface area contributed by atoms with Crippen molar-refractivity contribution in [3.05, 3.63) is 78.0 Å². The molecule has 31 heavy (non-hydrogen) atoms. The van der Waals surface area contributed by atoms with E-state index in [4.69, 9.17) is 16.3 Å². The van der Waals surface area contributed by atoms with Gasteiger partial charge in [0.1, 0.15) is 12.7 Å². The summed E-state index contributed by atoms with van der Waals surface area (Å²) in [6.45, 7) is -0.409. The van der Waals surface area contributed by atoms with Crippen molar-refractivity contribution in [3.63, 3.8) is 0 Å². The highest BCUT2D eigenvalue weighted by Crippen LogP contribution is 2.24. The molecule has 0 aliphatic heterocycles. The number of ether oxygens (including phenoxy) is 1. The minimum atomic E-state index is -0.485. The van der Waals surface area contributed by atoms with Crippen LogP contribution < -0.4 is 5.32 Å². The summed E-state index contributed by atoms with van der Waals surface area (Å²) in [5, 5.41) is 8.22. The van der Waals surface area contributed by atoms with Crippen molar-refractivity contribution in [2.75, 3.05) is 11.9 Å². The first-order valence-electron chi connectivity index (χ1n) is 9.53. The molecular weight excluding hydrogens is 418 g/mol. The van der Waals surface area contributed by atoms with Gasteiger partial charge in [-0.3, -0.25) is 14.6 Å². The summed E-state index contributed by atoms with van der Waals surface area (Å²) in [6.07, 6.45) is 3.43. The zero-order valence-corrected chi connectivity index (χ0v) is 17.1. The minimum absolute atomic E-state index is 0.125. The van der Waals surface area contributed by atoms with Gasteiger partial charge in [-0.15, -0.1) is 0 Å². The first kappa shape index (κ1) is 20.5. The average Bonchev–Trinajstić information content (AvgIpc) is 3.31. The van der Waals surface area contributed by atoms with Crippen molar-refractivity contribution >= 4 is 40.1 Å². The zero-order valence-electron chi connectivity index (χ0n) is 16.4. The Morgan fingerprint density at radius 3 is 2.81 bits per heavy atom. The number of hydrogen-bond acceptors (Lipinski definition) is 6. The highest BCUT2D eigenvalue weighted by atomic mass is 35.5. The lowest BCUT2D eigenvalue weighted by Crippen LogP contribution is -2.22. The maximum absolute atomic E-state index is 12.3. The molecule has 0 saturated heterocycles. The smallest absolute Gasteiger partial charge is 0.306 e. The van der Waals surface area contributed by atoms with Gasteiger partial charge in [-0.1, -0.05) is 35.9 Å². The number of anilines is 1. The standard InChI is InChI=1S/C22H18ClN5O3/c23-16-6-9-20(28-14-24-13-25-28)19(11-16)27-21(29)12-31-22(30)10-8-17-7-5-15-3-1-2-4-18(15)26-17/h1-7,9,11,13-14H,8,10,12H2,(H,27,29). The van der Waals surface area contributed by atoms with Gasteiger partial charge < -0.3 is 10.1 Å². The molecule has 4 aromatic rings. The van der Waals surface area contributed by atoms with Crippen LogP contribution >= 0.6 is 11.6 Å². The molecule has 2 aromatic heterocycles. The highest BCUT2D eigenvalue weighted by molar-refractivity contribution is 6.31. The van der Waals surface area contributed by atoms with Gasteiger partial charge in [0.2, 0.25) is 0 Å². The van der Waals surface area contributed by atoms with Crippen LogP contribution in [0.2, 0.25) is 5.02 Å². The summed E-state index contributed by atoms with van der Waals surface area (Å²) in [7, 11) is 0. The molecule has 0 fully saturated rings. The van der Waals surface area contributed by atoms with E-state index in [1.54, 1.807) is 18.2 Å². The second kappa shape index (κ2) is 9.36. The monoisotopic (exact) mass is 435 g/mol. The molecule has 0 aliphatic rings. The highest BCUT2D eigenvalue weighted by Gasteiger charge is 2.13. The van der Waals surface area contributed by atoms with Gasteiger partial charge in [-0.2, -0.15) is 5.10 Å². The van der Waals surface area contributed by atoms with E-state index in [0.717, 1.165) is 16.6 Å². The number of esters is 1. The Morgan fingerprint density at radius 1 is 1.10 bits per heavy atom. The summed E-state index contributed by atoms with van der Waals surface area (Å²) >= 11 is 6.04. The van der Waals surface area contributed by atoms with Gasteiger partial charge in [-0.05, 0) is 30.3 Å². The Kier molecular flexibility index (Phi) is 6.18. The SMILES string of the molecule is O=C(COC(=O)CCc1ccc2ccccc2n1)Nc1cc(Cl)ccc1-n1cncn1. The van der Waals surface area contributed by atoms with Crippen LogP contribution in [0.25, 0.3) is 16.6 Å². The molecule has 4 rings (SSSR count). The number of hydrogen-bond donors (Lipinski definition) is 1. The Bertz CT molecular complexity index is 1230. The van der Waals surface area contributed by atoms with E-state index in [-0.39, 0.29) is 6.42 Å². The molecule has 9 heteroatoms. The molecule has 0 atom stereocenters. The lowest BCUT2D eigenvalue weighted by atomic mass is 10.1. The van der Waals surface area contributed by atoms with E-state index in [1.807, 2.05) is 36.4 Å². The van der Waals surface area contributed by atoms with Crippen LogP contribution in [-0.2, 0) is 20.7 Å². The van der Waals surface area contributed by atoms with Gasteiger partial charge in [0.15, 0.2) is 6.61 Å². The van der Waals surface area contributed by atoms with Crippen molar-refractivity contribution in [2.24, 2.45) is 0 Å². The molecule has 2 aromatic carbocycles. The minimum Gasteiger partial charge on any atom is -0.456 e. The Morgan fingerprint density at radius 2 is 1.97 bits per heavy atom. The molecule has 0 unspecified atom stereocenters. The van der Waals surface area contributed by atoms with E-state index in [9.17, 15) is 9.59 Å². The number of benzene rings is 2. The van der Waals surface area contributed by atoms with Gasteiger partial charge >= 0.3 is 5.97 Å². The van der Waals surface area contributed by atoms with Gasteiger partial charge in [-0.25, -0.2) is 9.67 Å². The maximum Gasteiger partial charge on any atom is 0.306 e. The van der Waals surface area contributed by atoms with Crippen molar-refractivity contribution in [2.45, 2.75) is 12.8 Å². The summed E-state index contributed by atoms with van der Waals surface area (Å²) in [6, 6.07) is 16.6. The number of para-hydroxylation sites is 1. The van der Waals surface area contributed by atoms with Crippen molar-refractivity contribution in [1.82, 2.24) is 19.7 Å². The normalized spacial score (nSPS) is 10.7. The second-order valence-electron chi connectivity index (χ2n) is 6.71. The molecule has 0 aliphatic carbocycles. The lowest BCUT2D eigenvalue weighted by Gasteiger charge is -2.11. The number of amides is 1. The third-order valence-corrected chi connectivity index (χ3v) is 4.74. The molecule has 1 N–H and O–H groups in total. The van der Waals surface area contributed by atoms with Crippen molar-refractivity contribution in [3.8, 4) is 5.69 Å². The second-order valence-corrected chi connectivity index (χ2v) is 7.14. The summed E-state index contributed by atoms with van der Waals surface area (Å²) in [5.74, 6) is -0.964. The number of pyridine rings is 1. The fraction of sp³-hybridized carbons (Fsp3) is 0.136. The molecule has 1 amide bonds. The van der Waals surface area contributed by atoms with E-state index in [0.29, 0.717) is 22.8 Å².